The number of ether oxygens (including phenoxy) is 1. The van der Waals surface area contributed by atoms with Crippen molar-refractivity contribution in [3.63, 3.8) is 0 Å². The van der Waals surface area contributed by atoms with Crippen molar-refractivity contribution in [3.8, 4) is 0 Å². The number of aromatic nitrogens is 2. The lowest BCUT2D eigenvalue weighted by Crippen LogP contribution is -2.85. The molecule has 0 fully saturated rings. The first kappa shape index (κ1) is 18.6. The maximum absolute atomic E-state index is 12.9. The summed E-state index contributed by atoms with van der Waals surface area (Å²) >= 11 is 0. The third-order valence-electron chi connectivity index (χ3n) is 4.38. The second-order valence-electron chi connectivity index (χ2n) is 6.66. The zero-order valence-electron chi connectivity index (χ0n) is 15.3. The van der Waals surface area contributed by atoms with Crippen LogP contribution in [0.15, 0.2) is 29.1 Å². The minimum atomic E-state index is 0.0309. The molecule has 24 heavy (non-hydrogen) atoms. The first-order valence-electron chi connectivity index (χ1n) is 8.90. The Morgan fingerprint density at radius 2 is 2.04 bits per heavy atom. The van der Waals surface area contributed by atoms with Gasteiger partial charge in [0.2, 0.25) is 0 Å². The van der Waals surface area contributed by atoms with Gasteiger partial charge < -0.3 is 10.1 Å². The van der Waals surface area contributed by atoms with Gasteiger partial charge in [-0.3, -0.25) is 9.36 Å². The van der Waals surface area contributed by atoms with Gasteiger partial charge >= 0.3 is 0 Å². The van der Waals surface area contributed by atoms with Gasteiger partial charge in [-0.1, -0.05) is 32.9 Å². The van der Waals surface area contributed by atoms with Crippen LogP contribution in [0, 0.1) is 5.92 Å². The Morgan fingerprint density at radius 3 is 2.71 bits per heavy atom. The highest BCUT2D eigenvalue weighted by Gasteiger charge is 2.21. The quantitative estimate of drug-likeness (QED) is 0.765. The summed E-state index contributed by atoms with van der Waals surface area (Å²) in [7, 11) is 1.66. The molecule has 1 aromatic heterocycles. The number of quaternary nitrogens is 1. The minimum absolute atomic E-state index is 0.0309. The fraction of sp³-hybridized carbons (Fsp3) is 0.579. The highest BCUT2D eigenvalue weighted by atomic mass is 16.5. The number of nitrogens with zero attached hydrogens (tertiary/aromatic N) is 2. The Labute approximate surface area is 144 Å². The van der Waals surface area contributed by atoms with E-state index < -0.39 is 0 Å². The van der Waals surface area contributed by atoms with E-state index in [1.54, 1.807) is 11.7 Å². The smallest absolute Gasteiger partial charge is 0.261 e. The summed E-state index contributed by atoms with van der Waals surface area (Å²) in [5, 5.41) is 2.99. The highest BCUT2D eigenvalue weighted by Crippen LogP contribution is 2.14. The van der Waals surface area contributed by atoms with E-state index in [4.69, 9.17) is 9.72 Å². The van der Waals surface area contributed by atoms with Gasteiger partial charge in [0.1, 0.15) is 6.04 Å². The molecule has 0 amide bonds. The van der Waals surface area contributed by atoms with Crippen LogP contribution in [0.4, 0.5) is 0 Å². The molecule has 2 N–H and O–H groups in total. The summed E-state index contributed by atoms with van der Waals surface area (Å²) in [6.45, 7) is 8.71. The molecule has 1 aromatic carbocycles. The first-order chi connectivity index (χ1) is 11.6. The Morgan fingerprint density at radius 1 is 1.29 bits per heavy atom. The van der Waals surface area contributed by atoms with Crippen molar-refractivity contribution in [2.45, 2.75) is 46.2 Å². The molecule has 0 radical (unpaired) electrons. The molecule has 0 aliphatic carbocycles. The normalized spacial score (nSPS) is 12.9. The molecule has 0 spiro atoms. The van der Waals surface area contributed by atoms with Crippen LogP contribution >= 0.6 is 0 Å². The van der Waals surface area contributed by atoms with Crippen LogP contribution in [0.1, 0.15) is 45.5 Å². The molecular formula is C19H30N3O2+. The second kappa shape index (κ2) is 8.94. The number of para-hydroxylation sites is 1. The SMILES string of the molecule is CC[C@H]([NH2+]CCC(C)C)c1nc2ccccc2c(=O)n1CCOC. The zero-order chi connectivity index (χ0) is 17.5. The van der Waals surface area contributed by atoms with Crippen molar-refractivity contribution in [3.05, 3.63) is 40.4 Å². The van der Waals surface area contributed by atoms with Crippen molar-refractivity contribution in [1.29, 1.82) is 0 Å². The van der Waals surface area contributed by atoms with Crippen LogP contribution in [-0.4, -0.2) is 29.8 Å². The standard InChI is InChI=1S/C19H29N3O2/c1-5-16(20-11-10-14(2)3)18-21-17-9-7-6-8-15(17)19(23)22(18)12-13-24-4/h6-9,14,16,20H,5,10-13H2,1-4H3/p+1/t16-/m0/s1. The lowest BCUT2D eigenvalue weighted by atomic mass is 10.1. The largest absolute Gasteiger partial charge is 0.383 e. The van der Waals surface area contributed by atoms with Crippen LogP contribution in [0.3, 0.4) is 0 Å². The molecule has 0 saturated carbocycles. The Bertz CT molecular complexity index is 709. The second-order valence-corrected chi connectivity index (χ2v) is 6.66. The van der Waals surface area contributed by atoms with Gasteiger partial charge in [-0.2, -0.15) is 0 Å². The van der Waals surface area contributed by atoms with E-state index in [-0.39, 0.29) is 11.6 Å². The third-order valence-corrected chi connectivity index (χ3v) is 4.38. The Hall–Kier alpha value is -1.72. The molecule has 1 atom stereocenters. The van der Waals surface area contributed by atoms with E-state index in [1.807, 2.05) is 24.3 Å². The number of benzene rings is 1. The number of fused-ring (bicyclic) bond motifs is 1. The maximum Gasteiger partial charge on any atom is 0.261 e. The van der Waals surface area contributed by atoms with Crippen LogP contribution in [0.2, 0.25) is 0 Å². The molecular weight excluding hydrogens is 302 g/mol. The summed E-state index contributed by atoms with van der Waals surface area (Å²) in [6, 6.07) is 7.78. The Balaban J connectivity index is 2.42. The van der Waals surface area contributed by atoms with Crippen LogP contribution < -0.4 is 10.9 Å². The number of methoxy groups -OCH3 is 1. The van der Waals surface area contributed by atoms with Gasteiger partial charge in [0.25, 0.3) is 5.56 Å². The van der Waals surface area contributed by atoms with Gasteiger partial charge in [0.15, 0.2) is 5.82 Å². The molecule has 2 rings (SSSR count). The lowest BCUT2D eigenvalue weighted by Gasteiger charge is -2.19. The molecule has 132 valence electrons. The fourth-order valence-corrected chi connectivity index (χ4v) is 2.95. The summed E-state index contributed by atoms with van der Waals surface area (Å²) in [5.74, 6) is 1.54. The van der Waals surface area contributed by atoms with Crippen LogP contribution in [0.5, 0.6) is 0 Å². The van der Waals surface area contributed by atoms with E-state index in [2.05, 4.69) is 26.1 Å². The highest BCUT2D eigenvalue weighted by molar-refractivity contribution is 5.77. The predicted molar refractivity (Wildman–Crippen MR) is 97.2 cm³/mol. The number of hydrogen-bond acceptors (Lipinski definition) is 3. The van der Waals surface area contributed by atoms with Gasteiger partial charge in [0, 0.05) is 13.5 Å². The van der Waals surface area contributed by atoms with Crippen molar-refractivity contribution in [1.82, 2.24) is 9.55 Å². The third kappa shape index (κ3) is 4.42. The molecule has 1 heterocycles. The van der Waals surface area contributed by atoms with E-state index in [9.17, 15) is 4.79 Å². The zero-order valence-corrected chi connectivity index (χ0v) is 15.3. The molecule has 2 aromatic rings. The predicted octanol–water partition coefficient (Wildman–Crippen LogP) is 2.10. The molecule has 5 heteroatoms. The summed E-state index contributed by atoms with van der Waals surface area (Å²) < 4.78 is 6.99. The molecule has 0 aliphatic heterocycles. The first-order valence-corrected chi connectivity index (χ1v) is 8.90. The molecule has 5 nitrogen and oxygen atoms in total. The average Bonchev–Trinajstić information content (AvgIpc) is 2.58. The van der Waals surface area contributed by atoms with Crippen molar-refractivity contribution < 1.29 is 10.1 Å². The van der Waals surface area contributed by atoms with E-state index in [1.165, 1.54) is 0 Å². The summed E-state index contributed by atoms with van der Waals surface area (Å²) in [6.07, 6.45) is 2.10. The topological polar surface area (TPSA) is 60.7 Å². The van der Waals surface area contributed by atoms with Crippen LogP contribution in [0.25, 0.3) is 10.9 Å². The Kier molecular flexibility index (Phi) is 6.94. The maximum atomic E-state index is 12.9. The number of hydrogen-bond donors (Lipinski definition) is 1. The average molecular weight is 332 g/mol. The number of rotatable bonds is 9. The molecule has 0 bridgehead atoms. The van der Waals surface area contributed by atoms with Gasteiger partial charge in [-0.15, -0.1) is 0 Å². The minimum Gasteiger partial charge on any atom is -0.383 e. The van der Waals surface area contributed by atoms with E-state index in [0.717, 1.165) is 30.7 Å². The van der Waals surface area contributed by atoms with Crippen molar-refractivity contribution in [2.75, 3.05) is 20.3 Å². The monoisotopic (exact) mass is 332 g/mol. The summed E-state index contributed by atoms with van der Waals surface area (Å²) in [4.78, 5) is 17.7. The van der Waals surface area contributed by atoms with E-state index in [0.29, 0.717) is 24.5 Å². The van der Waals surface area contributed by atoms with E-state index >= 15 is 0 Å². The van der Waals surface area contributed by atoms with Crippen LogP contribution in [-0.2, 0) is 11.3 Å². The fourth-order valence-electron chi connectivity index (χ4n) is 2.95. The molecule has 0 saturated heterocycles. The van der Waals surface area contributed by atoms with Crippen molar-refractivity contribution >= 4 is 10.9 Å². The van der Waals surface area contributed by atoms with Gasteiger partial charge in [-0.05, 0) is 24.5 Å². The summed E-state index contributed by atoms with van der Waals surface area (Å²) in [5.41, 5.74) is 0.810. The van der Waals surface area contributed by atoms with Crippen molar-refractivity contribution in [2.24, 2.45) is 5.92 Å². The lowest BCUT2D eigenvalue weighted by molar-refractivity contribution is -0.698. The molecule has 0 aliphatic rings. The molecule has 0 unspecified atom stereocenters. The number of nitrogens with two attached hydrogens (primary N) is 1. The van der Waals surface area contributed by atoms with Gasteiger partial charge in [-0.25, -0.2) is 4.98 Å². The van der Waals surface area contributed by atoms with Gasteiger partial charge in [0.05, 0.1) is 30.6 Å².